The Balaban J connectivity index is 1.81. The molecule has 0 amide bonds. The van der Waals surface area contributed by atoms with E-state index in [0.717, 1.165) is 0 Å². The van der Waals surface area contributed by atoms with E-state index in [9.17, 15) is 0 Å². The molecule has 26 heavy (non-hydrogen) atoms. The lowest BCUT2D eigenvalue weighted by Crippen LogP contribution is -2.11. The van der Waals surface area contributed by atoms with Gasteiger partial charge < -0.3 is 0 Å². The molecule has 0 saturated carbocycles. The highest BCUT2D eigenvalue weighted by molar-refractivity contribution is 6.66. The van der Waals surface area contributed by atoms with Crippen molar-refractivity contribution in [1.29, 1.82) is 0 Å². The summed E-state index contributed by atoms with van der Waals surface area (Å²) in [5.41, 5.74) is 11.6. The van der Waals surface area contributed by atoms with Crippen LogP contribution in [0.15, 0.2) is 60.2 Å². The Kier molecular flexibility index (Phi) is 4.91. The summed E-state index contributed by atoms with van der Waals surface area (Å²) < 4.78 is 0. The Morgan fingerprint density at radius 3 is 2.46 bits per heavy atom. The summed E-state index contributed by atoms with van der Waals surface area (Å²) in [5, 5.41) is 0. The van der Waals surface area contributed by atoms with E-state index >= 15 is 0 Å². The summed E-state index contributed by atoms with van der Waals surface area (Å²) in [5.74, 6) is 0.955. The highest BCUT2D eigenvalue weighted by Gasteiger charge is 2.35. The Labute approximate surface area is 159 Å². The van der Waals surface area contributed by atoms with Gasteiger partial charge in [0.2, 0.25) is 0 Å². The van der Waals surface area contributed by atoms with Crippen molar-refractivity contribution in [3.05, 3.63) is 82.4 Å². The summed E-state index contributed by atoms with van der Waals surface area (Å²) in [6, 6.07) is 18.1. The molecule has 2 aliphatic carbocycles. The van der Waals surface area contributed by atoms with Crippen LogP contribution in [-0.4, -0.2) is 14.1 Å². The van der Waals surface area contributed by atoms with E-state index in [1.165, 1.54) is 47.1 Å². The Bertz CT molecular complexity index is 909. The van der Waals surface area contributed by atoms with Crippen LogP contribution in [0.25, 0.3) is 11.6 Å². The largest absolute Gasteiger partial charge is 0.0785 e. The van der Waals surface area contributed by atoms with Crippen LogP contribution in [0.5, 0.6) is 0 Å². The maximum Gasteiger partial charge on any atom is 0.0195 e. The summed E-state index contributed by atoms with van der Waals surface area (Å²) >= 11 is 0. The van der Waals surface area contributed by atoms with Crippen LogP contribution >= 0.6 is 0 Å². The van der Waals surface area contributed by atoms with Crippen LogP contribution in [0.3, 0.4) is 0 Å². The zero-order valence-corrected chi connectivity index (χ0v) is 17.1. The molecule has 4 rings (SSSR count). The van der Waals surface area contributed by atoms with Crippen molar-refractivity contribution in [2.75, 3.05) is 0 Å². The Morgan fingerprint density at radius 1 is 0.962 bits per heavy atom. The second-order valence-electron chi connectivity index (χ2n) is 7.88. The number of rotatable bonds is 5. The fraction of sp³-hybridized carbons (Fsp3) is 0.320. The molecular formula is C25H28Si. The van der Waals surface area contributed by atoms with Gasteiger partial charge in [0, 0.05) is 20.2 Å². The van der Waals surface area contributed by atoms with Gasteiger partial charge in [0.25, 0.3) is 0 Å². The summed E-state index contributed by atoms with van der Waals surface area (Å²) in [6.45, 7) is 7.06. The minimum absolute atomic E-state index is 0.414. The van der Waals surface area contributed by atoms with Gasteiger partial charge in [-0.05, 0) is 46.2 Å². The van der Waals surface area contributed by atoms with Gasteiger partial charge in [-0.3, -0.25) is 0 Å². The Hall–Kier alpha value is -1.99. The molecule has 2 aliphatic rings. The number of benzene rings is 2. The summed E-state index contributed by atoms with van der Waals surface area (Å²) in [7, 11) is -0.414. The van der Waals surface area contributed by atoms with E-state index in [0.29, 0.717) is 11.8 Å². The molecule has 2 atom stereocenters. The molecule has 2 unspecified atom stereocenters. The Morgan fingerprint density at radius 2 is 1.69 bits per heavy atom. The van der Waals surface area contributed by atoms with E-state index in [1.807, 2.05) is 0 Å². The van der Waals surface area contributed by atoms with Gasteiger partial charge in [0.05, 0.1) is 0 Å². The minimum atomic E-state index is -0.414. The zero-order chi connectivity index (χ0) is 18.1. The van der Waals surface area contributed by atoms with Crippen molar-refractivity contribution >= 4 is 25.7 Å². The van der Waals surface area contributed by atoms with Crippen LogP contribution in [0.1, 0.15) is 60.3 Å². The van der Waals surface area contributed by atoms with Gasteiger partial charge in [0.15, 0.2) is 0 Å². The number of unbranched alkanes of at least 4 members (excludes halogenated alkanes) is 1. The first-order valence-electron chi connectivity index (χ1n) is 9.94. The predicted molar refractivity (Wildman–Crippen MR) is 117 cm³/mol. The first-order valence-corrected chi connectivity index (χ1v) is 12.5. The quantitative estimate of drug-likeness (QED) is 0.524. The molecule has 0 nitrogen and oxygen atoms in total. The summed E-state index contributed by atoms with van der Waals surface area (Å²) in [6.07, 6.45) is 8.77. The predicted octanol–water partition coefficient (Wildman–Crippen LogP) is 6.68. The SMILES string of the molecule is CCCCC1=CC(C2C(C=[Si](C)C)=Cc3ccccc32)c2ccccc21. The fourth-order valence-electron chi connectivity index (χ4n) is 4.58. The van der Waals surface area contributed by atoms with Gasteiger partial charge in [0.1, 0.15) is 0 Å². The maximum atomic E-state index is 2.59. The van der Waals surface area contributed by atoms with Crippen LogP contribution in [0.4, 0.5) is 0 Å². The highest BCUT2D eigenvalue weighted by Crippen LogP contribution is 2.51. The average Bonchev–Trinajstić information content (AvgIpc) is 3.17. The van der Waals surface area contributed by atoms with E-state index in [1.54, 1.807) is 5.57 Å². The second-order valence-corrected chi connectivity index (χ2v) is 10.3. The molecule has 0 N–H and O–H groups in total. The molecule has 2 aromatic rings. The molecule has 132 valence electrons. The third-order valence-electron chi connectivity index (χ3n) is 5.67. The molecule has 0 heterocycles. The first-order chi connectivity index (χ1) is 12.7. The van der Waals surface area contributed by atoms with Gasteiger partial charge in [-0.25, -0.2) is 0 Å². The third-order valence-corrected chi connectivity index (χ3v) is 6.58. The molecule has 0 aromatic heterocycles. The molecule has 0 saturated heterocycles. The number of fused-ring (bicyclic) bond motifs is 2. The molecule has 1 heteroatoms. The van der Waals surface area contributed by atoms with Crippen LogP contribution < -0.4 is 0 Å². The van der Waals surface area contributed by atoms with E-state index in [4.69, 9.17) is 0 Å². The molecule has 0 fully saturated rings. The van der Waals surface area contributed by atoms with Gasteiger partial charge in [-0.15, -0.1) is 0 Å². The van der Waals surface area contributed by atoms with Gasteiger partial charge in [-0.1, -0.05) is 92.8 Å². The van der Waals surface area contributed by atoms with E-state index in [-0.39, 0.29) is 0 Å². The van der Waals surface area contributed by atoms with Crippen molar-refractivity contribution in [3.8, 4) is 0 Å². The minimum Gasteiger partial charge on any atom is -0.0785 e. The maximum absolute atomic E-state index is 2.59. The lowest BCUT2D eigenvalue weighted by Gasteiger charge is -2.23. The molecule has 0 radical (unpaired) electrons. The molecule has 0 spiro atoms. The highest BCUT2D eigenvalue weighted by atomic mass is 28.2. The average molecular weight is 357 g/mol. The van der Waals surface area contributed by atoms with Crippen LogP contribution in [0, 0.1) is 0 Å². The molecule has 2 aromatic carbocycles. The standard InChI is InChI=1S/C25H28Si/c1-4-5-10-19-16-24(23-14-9-8-12-21(19)23)25-20(17-26(2)3)15-18-11-6-7-13-22(18)25/h6-9,11-17,24-25H,4-5,10H2,1-3H3. The van der Waals surface area contributed by atoms with E-state index in [2.05, 4.69) is 86.4 Å². The van der Waals surface area contributed by atoms with Crippen LogP contribution in [-0.2, 0) is 0 Å². The first kappa shape index (κ1) is 17.4. The number of hydrogen-bond donors (Lipinski definition) is 0. The zero-order valence-electron chi connectivity index (χ0n) is 16.1. The number of hydrogen-bond acceptors (Lipinski definition) is 0. The van der Waals surface area contributed by atoms with Crippen molar-refractivity contribution < 1.29 is 0 Å². The number of allylic oxidation sites excluding steroid dienone is 3. The second kappa shape index (κ2) is 7.32. The molecule has 0 bridgehead atoms. The van der Waals surface area contributed by atoms with Crippen molar-refractivity contribution in [2.24, 2.45) is 0 Å². The topological polar surface area (TPSA) is 0 Å². The fourth-order valence-corrected chi connectivity index (χ4v) is 5.51. The summed E-state index contributed by atoms with van der Waals surface area (Å²) in [4.78, 5) is 0. The molecular weight excluding hydrogens is 328 g/mol. The smallest absolute Gasteiger partial charge is 0.0195 e. The normalized spacial score (nSPS) is 20.3. The van der Waals surface area contributed by atoms with Gasteiger partial charge in [-0.2, -0.15) is 0 Å². The van der Waals surface area contributed by atoms with Crippen molar-refractivity contribution in [1.82, 2.24) is 0 Å². The van der Waals surface area contributed by atoms with Crippen molar-refractivity contribution in [3.63, 3.8) is 0 Å². The lowest BCUT2D eigenvalue weighted by atomic mass is 9.81. The van der Waals surface area contributed by atoms with Crippen LogP contribution in [0.2, 0.25) is 13.1 Å². The van der Waals surface area contributed by atoms with E-state index < -0.39 is 8.41 Å². The van der Waals surface area contributed by atoms with Crippen molar-refractivity contribution in [2.45, 2.75) is 51.1 Å². The monoisotopic (exact) mass is 356 g/mol. The molecule has 0 aliphatic heterocycles. The lowest BCUT2D eigenvalue weighted by molar-refractivity contribution is 0.744. The third kappa shape index (κ3) is 3.10. The van der Waals surface area contributed by atoms with Gasteiger partial charge >= 0.3 is 0 Å².